The minimum Gasteiger partial charge on any atom is -0.507 e. The monoisotopic (exact) mass is 251 g/mol. The Morgan fingerprint density at radius 2 is 2.22 bits per heavy atom. The van der Waals surface area contributed by atoms with Gasteiger partial charge in [-0.25, -0.2) is 4.79 Å². The van der Waals surface area contributed by atoms with E-state index in [1.807, 2.05) is 0 Å². The lowest BCUT2D eigenvalue weighted by atomic mass is 9.95. The molecule has 1 heterocycles. The second kappa shape index (κ2) is 5.27. The van der Waals surface area contributed by atoms with Crippen LogP contribution in [0.4, 0.5) is 0 Å². The summed E-state index contributed by atoms with van der Waals surface area (Å²) in [4.78, 5) is 11.0. The van der Waals surface area contributed by atoms with Crippen molar-refractivity contribution in [1.29, 1.82) is 0 Å². The maximum absolute atomic E-state index is 11.0. The van der Waals surface area contributed by atoms with Crippen LogP contribution in [-0.2, 0) is 0 Å². The van der Waals surface area contributed by atoms with E-state index in [4.69, 9.17) is 9.84 Å². The van der Waals surface area contributed by atoms with Crippen molar-refractivity contribution in [3.8, 4) is 11.5 Å². The molecular weight excluding hydrogens is 234 g/mol. The highest BCUT2D eigenvalue weighted by Gasteiger charge is 2.22. The average Bonchev–Trinajstić information content (AvgIpc) is 2.39. The van der Waals surface area contributed by atoms with Crippen LogP contribution in [0, 0.1) is 0 Å². The first kappa shape index (κ1) is 12.7. The van der Waals surface area contributed by atoms with Crippen LogP contribution in [0.15, 0.2) is 12.1 Å². The molecule has 98 valence electrons. The van der Waals surface area contributed by atoms with Gasteiger partial charge in [0.25, 0.3) is 0 Å². The summed E-state index contributed by atoms with van der Waals surface area (Å²) in [6.07, 6.45) is 3.17. The van der Waals surface area contributed by atoms with Gasteiger partial charge in [-0.1, -0.05) is 6.42 Å². The maximum atomic E-state index is 11.0. The first-order chi connectivity index (χ1) is 8.63. The zero-order chi connectivity index (χ0) is 13.1. The van der Waals surface area contributed by atoms with Gasteiger partial charge in [0.1, 0.15) is 17.1 Å². The lowest BCUT2D eigenvalue weighted by Gasteiger charge is -2.25. The quantitative estimate of drug-likeness (QED) is 0.764. The minimum atomic E-state index is -1.13. The number of aromatic carboxylic acids is 1. The minimum absolute atomic E-state index is 0.0850. The van der Waals surface area contributed by atoms with Gasteiger partial charge < -0.3 is 20.3 Å². The van der Waals surface area contributed by atoms with Gasteiger partial charge in [0.15, 0.2) is 0 Å². The van der Waals surface area contributed by atoms with Crippen molar-refractivity contribution in [3.05, 3.63) is 23.3 Å². The van der Waals surface area contributed by atoms with E-state index in [0.29, 0.717) is 5.75 Å². The Balaban J connectivity index is 2.42. The molecule has 0 aromatic heterocycles. The van der Waals surface area contributed by atoms with Crippen LogP contribution in [0.25, 0.3) is 0 Å². The molecule has 0 saturated carbocycles. The Morgan fingerprint density at radius 1 is 1.44 bits per heavy atom. The Hall–Kier alpha value is -1.75. The summed E-state index contributed by atoms with van der Waals surface area (Å²) in [5.74, 6) is -0.872. The van der Waals surface area contributed by atoms with Crippen LogP contribution in [0.5, 0.6) is 11.5 Å². The molecule has 2 rings (SSSR count). The number of nitrogens with one attached hydrogen (secondary N) is 1. The predicted octanol–water partition coefficient (Wildman–Crippen LogP) is 1.91. The van der Waals surface area contributed by atoms with Crippen molar-refractivity contribution in [1.82, 2.24) is 5.32 Å². The molecule has 1 atom stereocenters. The van der Waals surface area contributed by atoms with Gasteiger partial charge in [-0.2, -0.15) is 0 Å². The van der Waals surface area contributed by atoms with E-state index in [9.17, 15) is 9.90 Å². The molecule has 0 bridgehead atoms. The van der Waals surface area contributed by atoms with E-state index in [0.717, 1.165) is 31.4 Å². The number of hydrogen-bond acceptors (Lipinski definition) is 4. The maximum Gasteiger partial charge on any atom is 0.339 e. The van der Waals surface area contributed by atoms with E-state index < -0.39 is 5.97 Å². The summed E-state index contributed by atoms with van der Waals surface area (Å²) in [6, 6.07) is 2.96. The highest BCUT2D eigenvalue weighted by Crippen LogP contribution is 2.35. The second-order valence-electron chi connectivity index (χ2n) is 4.42. The van der Waals surface area contributed by atoms with Crippen molar-refractivity contribution >= 4 is 5.97 Å². The molecule has 0 radical (unpaired) electrons. The molecule has 3 N–H and O–H groups in total. The van der Waals surface area contributed by atoms with Crippen molar-refractivity contribution in [2.45, 2.75) is 25.3 Å². The van der Waals surface area contributed by atoms with Gasteiger partial charge in [0.05, 0.1) is 7.11 Å². The van der Waals surface area contributed by atoms with Crippen LogP contribution in [-0.4, -0.2) is 29.8 Å². The molecule has 1 aliphatic heterocycles. The standard InChI is InChI=1S/C13H17NO4/c1-18-12-7-11(15)9(13(16)17)6-8(12)10-4-2-3-5-14-10/h6-7,10,14-15H,2-5H2,1H3,(H,16,17). The molecule has 1 aromatic carbocycles. The molecule has 5 nitrogen and oxygen atoms in total. The first-order valence-corrected chi connectivity index (χ1v) is 6.01. The fourth-order valence-electron chi connectivity index (χ4n) is 2.32. The van der Waals surface area contributed by atoms with E-state index >= 15 is 0 Å². The molecular formula is C13H17NO4. The number of rotatable bonds is 3. The number of methoxy groups -OCH3 is 1. The highest BCUT2D eigenvalue weighted by atomic mass is 16.5. The molecule has 1 fully saturated rings. The molecule has 5 heteroatoms. The van der Waals surface area contributed by atoms with Crippen molar-refractivity contribution < 1.29 is 19.7 Å². The summed E-state index contributed by atoms with van der Waals surface area (Å²) in [7, 11) is 1.52. The molecule has 1 aliphatic rings. The number of carboxylic acids is 1. The SMILES string of the molecule is COc1cc(O)c(C(=O)O)cc1C1CCCCN1. The summed E-state index contributed by atoms with van der Waals surface area (Å²) < 4.78 is 5.22. The number of aromatic hydroxyl groups is 1. The van der Waals surface area contributed by atoms with Crippen molar-refractivity contribution in [2.75, 3.05) is 13.7 Å². The lowest BCUT2D eigenvalue weighted by Crippen LogP contribution is -2.27. The normalized spacial score (nSPS) is 19.5. The topological polar surface area (TPSA) is 78.8 Å². The fraction of sp³-hybridized carbons (Fsp3) is 0.462. The highest BCUT2D eigenvalue weighted by molar-refractivity contribution is 5.91. The smallest absolute Gasteiger partial charge is 0.339 e. The van der Waals surface area contributed by atoms with Crippen LogP contribution in [0.3, 0.4) is 0 Å². The van der Waals surface area contributed by atoms with Gasteiger partial charge >= 0.3 is 5.97 Å². The third-order valence-electron chi connectivity index (χ3n) is 3.26. The van der Waals surface area contributed by atoms with Gasteiger partial charge in [0.2, 0.25) is 0 Å². The largest absolute Gasteiger partial charge is 0.507 e. The number of carbonyl (C=O) groups is 1. The Morgan fingerprint density at radius 3 is 2.78 bits per heavy atom. The molecule has 0 aliphatic carbocycles. The van der Waals surface area contributed by atoms with E-state index in [2.05, 4.69) is 5.32 Å². The fourth-order valence-corrected chi connectivity index (χ4v) is 2.32. The third-order valence-corrected chi connectivity index (χ3v) is 3.26. The van der Waals surface area contributed by atoms with E-state index in [-0.39, 0.29) is 17.4 Å². The van der Waals surface area contributed by atoms with E-state index in [1.54, 1.807) is 0 Å². The van der Waals surface area contributed by atoms with Crippen LogP contribution < -0.4 is 10.1 Å². The number of carboxylic acid groups (broad SMARTS) is 1. The number of benzene rings is 1. The number of phenols is 1. The van der Waals surface area contributed by atoms with Gasteiger partial charge in [0, 0.05) is 17.7 Å². The van der Waals surface area contributed by atoms with E-state index in [1.165, 1.54) is 19.2 Å². The average molecular weight is 251 g/mol. The summed E-state index contributed by atoms with van der Waals surface area (Å²) in [6.45, 7) is 0.914. The van der Waals surface area contributed by atoms with Gasteiger partial charge in [-0.15, -0.1) is 0 Å². The zero-order valence-electron chi connectivity index (χ0n) is 10.3. The third kappa shape index (κ3) is 2.41. The Bertz CT molecular complexity index is 453. The second-order valence-corrected chi connectivity index (χ2v) is 4.42. The summed E-state index contributed by atoms with van der Waals surface area (Å²) in [5.41, 5.74) is 0.713. The Labute approximate surface area is 105 Å². The molecule has 1 aromatic rings. The number of hydrogen-bond donors (Lipinski definition) is 3. The first-order valence-electron chi connectivity index (χ1n) is 6.01. The molecule has 1 unspecified atom stereocenters. The van der Waals surface area contributed by atoms with Crippen molar-refractivity contribution in [2.24, 2.45) is 0 Å². The molecule has 0 amide bonds. The number of ether oxygens (including phenoxy) is 1. The van der Waals surface area contributed by atoms with Gasteiger partial charge in [-0.3, -0.25) is 0 Å². The predicted molar refractivity (Wildman–Crippen MR) is 66.2 cm³/mol. The molecule has 18 heavy (non-hydrogen) atoms. The zero-order valence-corrected chi connectivity index (χ0v) is 10.3. The summed E-state index contributed by atoms with van der Waals surface area (Å²) >= 11 is 0. The Kier molecular flexibility index (Phi) is 3.72. The lowest BCUT2D eigenvalue weighted by molar-refractivity contribution is 0.0693. The van der Waals surface area contributed by atoms with Gasteiger partial charge in [-0.05, 0) is 25.5 Å². The van der Waals surface area contributed by atoms with Crippen LogP contribution in [0.1, 0.15) is 41.2 Å². The number of piperidine rings is 1. The molecule has 0 spiro atoms. The molecule has 1 saturated heterocycles. The van der Waals surface area contributed by atoms with Crippen LogP contribution in [0.2, 0.25) is 0 Å². The summed E-state index contributed by atoms with van der Waals surface area (Å²) in [5, 5.41) is 22.0. The van der Waals surface area contributed by atoms with Crippen molar-refractivity contribution in [3.63, 3.8) is 0 Å². The van der Waals surface area contributed by atoms with Crippen LogP contribution >= 0.6 is 0 Å².